The number of piperidine rings is 1. The largest absolute Gasteiger partial charge is 0.481 e. The molecule has 2 aromatic carbocycles. The van der Waals surface area contributed by atoms with E-state index in [4.69, 9.17) is 25.8 Å². The summed E-state index contributed by atoms with van der Waals surface area (Å²) in [6, 6.07) is 12.8. The van der Waals surface area contributed by atoms with Gasteiger partial charge < -0.3 is 14.2 Å². The van der Waals surface area contributed by atoms with Crippen molar-refractivity contribution in [3.05, 3.63) is 53.6 Å². The number of nitrogens with zero attached hydrogens (tertiary/aromatic N) is 1. The molecule has 0 radical (unpaired) electrons. The van der Waals surface area contributed by atoms with Crippen molar-refractivity contribution >= 4 is 39.2 Å². The van der Waals surface area contributed by atoms with Crippen LogP contribution in [0.3, 0.4) is 0 Å². The molecule has 0 bridgehead atoms. The average molecular weight is 601 g/mol. The maximum Gasteiger partial charge on any atom is 0.412 e. The lowest BCUT2D eigenvalue weighted by Crippen LogP contribution is -2.48. The van der Waals surface area contributed by atoms with Gasteiger partial charge in [-0.15, -0.1) is 5.92 Å². The van der Waals surface area contributed by atoms with Gasteiger partial charge in [0.1, 0.15) is 12.4 Å². The summed E-state index contributed by atoms with van der Waals surface area (Å²) in [5.74, 6) is 10.9. The first-order valence-corrected chi connectivity index (χ1v) is 15.1. The van der Waals surface area contributed by atoms with E-state index in [1.807, 2.05) is 4.90 Å². The lowest BCUT2D eigenvalue weighted by Gasteiger charge is -2.39. The summed E-state index contributed by atoms with van der Waals surface area (Å²) < 4.78 is 42.5. The Morgan fingerprint density at radius 1 is 1.02 bits per heavy atom. The van der Waals surface area contributed by atoms with Crippen molar-refractivity contribution in [1.29, 1.82) is 0 Å². The third-order valence-corrected chi connectivity index (χ3v) is 8.59. The van der Waals surface area contributed by atoms with Crippen LogP contribution >= 0.6 is 11.6 Å². The smallest absolute Gasteiger partial charge is 0.412 e. The molecule has 1 aliphatic heterocycles. The SMILES string of the molecule is CC#CCOc1ccc(S(=O)(=O)CC2(C(=O)OCC)CCN(CC#CCOC(=O)Nc3cccc(Cl)c3)CC2)cc1. The summed E-state index contributed by atoms with van der Waals surface area (Å²) in [6.45, 7) is 4.99. The average Bonchev–Trinajstić information content (AvgIpc) is 2.94. The minimum Gasteiger partial charge on any atom is -0.481 e. The number of nitrogens with one attached hydrogen (secondary N) is 1. The van der Waals surface area contributed by atoms with Crippen LogP contribution in [0.1, 0.15) is 26.7 Å². The van der Waals surface area contributed by atoms with E-state index < -0.39 is 27.3 Å². The zero-order chi connectivity index (χ0) is 29.7. The molecule has 0 aromatic heterocycles. The van der Waals surface area contributed by atoms with Crippen molar-refractivity contribution in [3.63, 3.8) is 0 Å². The van der Waals surface area contributed by atoms with E-state index in [1.165, 1.54) is 12.1 Å². The minimum atomic E-state index is -3.79. The van der Waals surface area contributed by atoms with Gasteiger partial charge in [-0.2, -0.15) is 0 Å². The van der Waals surface area contributed by atoms with Gasteiger partial charge in [0.25, 0.3) is 0 Å². The van der Waals surface area contributed by atoms with Gasteiger partial charge in [-0.1, -0.05) is 35.4 Å². The number of hydrogen-bond acceptors (Lipinski definition) is 8. The molecule has 218 valence electrons. The molecule has 1 N–H and O–H groups in total. The summed E-state index contributed by atoms with van der Waals surface area (Å²) in [6.07, 6.45) is -0.0300. The number of likely N-dealkylation sites (tertiary alicyclic amines) is 1. The van der Waals surface area contributed by atoms with Crippen LogP contribution in [0.25, 0.3) is 0 Å². The zero-order valence-electron chi connectivity index (χ0n) is 23.1. The van der Waals surface area contributed by atoms with E-state index in [0.717, 1.165) is 0 Å². The molecule has 1 heterocycles. The number of sulfone groups is 1. The van der Waals surface area contributed by atoms with Crippen LogP contribution in [-0.4, -0.2) is 70.6 Å². The zero-order valence-corrected chi connectivity index (χ0v) is 24.6. The number of rotatable bonds is 10. The van der Waals surface area contributed by atoms with Crippen LogP contribution in [0.15, 0.2) is 53.4 Å². The van der Waals surface area contributed by atoms with Crippen molar-refractivity contribution < 1.29 is 32.2 Å². The quantitative estimate of drug-likeness (QED) is 0.315. The highest BCUT2D eigenvalue weighted by atomic mass is 35.5. The molecular formula is C30H33ClN2O7S. The van der Waals surface area contributed by atoms with Gasteiger partial charge >= 0.3 is 12.1 Å². The van der Waals surface area contributed by atoms with E-state index >= 15 is 0 Å². The maximum atomic E-state index is 13.3. The fourth-order valence-corrected chi connectivity index (χ4v) is 6.29. The van der Waals surface area contributed by atoms with Crippen LogP contribution in [0.5, 0.6) is 5.75 Å². The summed E-state index contributed by atoms with van der Waals surface area (Å²) >= 11 is 5.90. The maximum absolute atomic E-state index is 13.3. The Morgan fingerprint density at radius 3 is 2.41 bits per heavy atom. The van der Waals surface area contributed by atoms with Gasteiger partial charge in [-0.25, -0.2) is 13.2 Å². The van der Waals surface area contributed by atoms with E-state index in [1.54, 1.807) is 50.2 Å². The second-order valence-corrected chi connectivity index (χ2v) is 11.7. The lowest BCUT2D eigenvalue weighted by molar-refractivity contribution is -0.156. The summed E-state index contributed by atoms with van der Waals surface area (Å²) in [5, 5.41) is 3.06. The highest BCUT2D eigenvalue weighted by Crippen LogP contribution is 2.36. The molecule has 0 aliphatic carbocycles. The normalized spacial score (nSPS) is 14.4. The molecule has 0 saturated carbocycles. The van der Waals surface area contributed by atoms with Crippen molar-refractivity contribution in [3.8, 4) is 29.4 Å². The molecule has 1 aliphatic rings. The Balaban J connectivity index is 1.55. The second kappa shape index (κ2) is 15.3. The first kappa shape index (κ1) is 31.8. The Kier molecular flexibility index (Phi) is 11.9. The highest BCUT2D eigenvalue weighted by Gasteiger charge is 2.46. The van der Waals surface area contributed by atoms with E-state index in [0.29, 0.717) is 48.9 Å². The van der Waals surface area contributed by atoms with Crippen LogP contribution in [0.4, 0.5) is 10.5 Å². The Bertz CT molecular complexity index is 1430. The molecule has 0 unspecified atom stereocenters. The third-order valence-electron chi connectivity index (χ3n) is 6.43. The Hall–Kier alpha value is -3.70. The molecule has 41 heavy (non-hydrogen) atoms. The first-order chi connectivity index (χ1) is 19.7. The molecule has 0 spiro atoms. The molecule has 1 saturated heterocycles. The van der Waals surface area contributed by atoms with Crippen molar-refractivity contribution in [2.24, 2.45) is 5.41 Å². The molecule has 0 atom stereocenters. The van der Waals surface area contributed by atoms with Crippen molar-refractivity contribution in [2.75, 3.05) is 50.5 Å². The summed E-state index contributed by atoms with van der Waals surface area (Å²) in [4.78, 5) is 27.1. The number of carbonyl (C=O) groups excluding carboxylic acids is 2. The molecule has 2 aromatic rings. The van der Waals surface area contributed by atoms with Crippen LogP contribution in [-0.2, 0) is 24.1 Å². The standard InChI is InChI=1S/C30H33ClN2O7S/c1-3-5-20-39-26-11-13-27(14-12-26)41(36,37)23-30(28(34)38-4-2)15-18-33(19-16-30)17-6-7-21-40-29(35)32-25-10-8-9-24(31)22-25/h8-14,22H,4,15-21,23H2,1-2H3,(H,32,35). The summed E-state index contributed by atoms with van der Waals surface area (Å²) in [5.41, 5.74) is -0.647. The van der Waals surface area contributed by atoms with Crippen LogP contribution < -0.4 is 10.1 Å². The van der Waals surface area contributed by atoms with Crippen LogP contribution in [0, 0.1) is 29.1 Å². The van der Waals surface area contributed by atoms with E-state index in [2.05, 4.69) is 29.0 Å². The predicted octanol–water partition coefficient (Wildman–Crippen LogP) is 4.41. The molecule has 1 amide bonds. The van der Waals surface area contributed by atoms with Crippen LogP contribution in [0.2, 0.25) is 5.02 Å². The van der Waals surface area contributed by atoms with Gasteiger partial charge in [-0.3, -0.25) is 15.0 Å². The number of benzene rings is 2. The number of hydrogen-bond donors (Lipinski definition) is 1. The lowest BCUT2D eigenvalue weighted by atomic mass is 9.80. The number of anilines is 1. The Morgan fingerprint density at radius 2 is 1.76 bits per heavy atom. The number of carbonyl (C=O) groups is 2. The highest BCUT2D eigenvalue weighted by molar-refractivity contribution is 7.91. The van der Waals surface area contributed by atoms with E-state index in [9.17, 15) is 18.0 Å². The molecule has 1 fully saturated rings. The predicted molar refractivity (Wildman–Crippen MR) is 156 cm³/mol. The van der Waals surface area contributed by atoms with Gasteiger partial charge in [0, 0.05) is 23.8 Å². The van der Waals surface area contributed by atoms with Gasteiger partial charge in [0.15, 0.2) is 16.4 Å². The van der Waals surface area contributed by atoms with Gasteiger partial charge in [-0.05, 0) is 69.2 Å². The number of ether oxygens (including phenoxy) is 3. The summed E-state index contributed by atoms with van der Waals surface area (Å²) in [7, 11) is -3.79. The molecular weight excluding hydrogens is 568 g/mol. The molecule has 3 rings (SSSR count). The minimum absolute atomic E-state index is 0.0961. The van der Waals surface area contributed by atoms with E-state index in [-0.39, 0.29) is 30.5 Å². The molecule has 11 heteroatoms. The fourth-order valence-electron chi connectivity index (χ4n) is 4.25. The number of esters is 1. The first-order valence-electron chi connectivity index (χ1n) is 13.1. The van der Waals surface area contributed by atoms with Crippen molar-refractivity contribution in [2.45, 2.75) is 31.6 Å². The number of amides is 1. The third kappa shape index (κ3) is 9.72. The Labute approximate surface area is 246 Å². The monoisotopic (exact) mass is 600 g/mol. The molecule has 9 nitrogen and oxygen atoms in total. The topological polar surface area (TPSA) is 111 Å². The second-order valence-electron chi connectivity index (χ2n) is 9.29. The van der Waals surface area contributed by atoms with Crippen molar-refractivity contribution in [1.82, 2.24) is 4.90 Å². The fraction of sp³-hybridized carbons (Fsp3) is 0.400. The van der Waals surface area contributed by atoms with Gasteiger partial charge in [0.2, 0.25) is 0 Å². The van der Waals surface area contributed by atoms with Gasteiger partial charge in [0.05, 0.1) is 29.2 Å². The number of halogens is 1.